The number of carbonyl (C=O) groups is 1. The van der Waals surface area contributed by atoms with E-state index in [-0.39, 0.29) is 0 Å². The van der Waals surface area contributed by atoms with E-state index in [0.717, 1.165) is 25.0 Å². The van der Waals surface area contributed by atoms with Gasteiger partial charge in [0.25, 0.3) is 0 Å². The largest absolute Gasteiger partial charge is 0.300 e. The van der Waals surface area contributed by atoms with Crippen molar-refractivity contribution in [2.75, 3.05) is 11.5 Å². The Morgan fingerprint density at radius 2 is 1.88 bits per heavy atom. The molecule has 94 valence electrons. The SMILES string of the molecule is CCCSCCCC(=O)CCc1ccccc1. The zero-order valence-corrected chi connectivity index (χ0v) is 11.5. The van der Waals surface area contributed by atoms with Crippen LogP contribution in [0.2, 0.25) is 0 Å². The first-order valence-electron chi connectivity index (χ1n) is 6.46. The van der Waals surface area contributed by atoms with E-state index in [9.17, 15) is 4.79 Å². The van der Waals surface area contributed by atoms with Crippen molar-refractivity contribution < 1.29 is 4.79 Å². The monoisotopic (exact) mass is 250 g/mol. The third-order valence-corrected chi connectivity index (χ3v) is 3.90. The fourth-order valence-electron chi connectivity index (χ4n) is 1.67. The third kappa shape index (κ3) is 7.22. The second-order valence-corrected chi connectivity index (χ2v) is 5.46. The van der Waals surface area contributed by atoms with E-state index in [1.54, 1.807) is 0 Å². The minimum Gasteiger partial charge on any atom is -0.300 e. The molecule has 0 unspecified atom stereocenters. The molecule has 0 heterocycles. The molecule has 0 aliphatic rings. The molecule has 1 aromatic rings. The van der Waals surface area contributed by atoms with Gasteiger partial charge in [0.2, 0.25) is 0 Å². The van der Waals surface area contributed by atoms with Crippen molar-refractivity contribution >= 4 is 17.5 Å². The molecule has 0 aliphatic carbocycles. The number of hydrogen-bond acceptors (Lipinski definition) is 2. The Morgan fingerprint density at radius 3 is 2.59 bits per heavy atom. The van der Waals surface area contributed by atoms with Crippen molar-refractivity contribution in [1.82, 2.24) is 0 Å². The molecule has 1 aromatic carbocycles. The second kappa shape index (κ2) is 9.29. The van der Waals surface area contributed by atoms with Gasteiger partial charge >= 0.3 is 0 Å². The van der Waals surface area contributed by atoms with Crippen molar-refractivity contribution in [3.63, 3.8) is 0 Å². The quantitative estimate of drug-likeness (QED) is 0.613. The van der Waals surface area contributed by atoms with Gasteiger partial charge in [0.1, 0.15) is 5.78 Å². The van der Waals surface area contributed by atoms with Gasteiger partial charge in [-0.25, -0.2) is 0 Å². The summed E-state index contributed by atoms with van der Waals surface area (Å²) in [5.41, 5.74) is 1.27. The molecular weight excluding hydrogens is 228 g/mol. The minimum absolute atomic E-state index is 0.408. The normalized spacial score (nSPS) is 10.4. The van der Waals surface area contributed by atoms with Crippen LogP contribution in [-0.4, -0.2) is 17.3 Å². The number of rotatable bonds is 9. The van der Waals surface area contributed by atoms with Gasteiger partial charge in [-0.2, -0.15) is 11.8 Å². The molecule has 0 fully saturated rings. The minimum atomic E-state index is 0.408. The molecule has 17 heavy (non-hydrogen) atoms. The van der Waals surface area contributed by atoms with Gasteiger partial charge in [-0.05, 0) is 36.3 Å². The summed E-state index contributed by atoms with van der Waals surface area (Å²) < 4.78 is 0. The standard InChI is InChI=1S/C15H22OS/c1-2-12-17-13-6-9-15(16)11-10-14-7-4-3-5-8-14/h3-5,7-8H,2,6,9-13H2,1H3. The van der Waals surface area contributed by atoms with Gasteiger partial charge in [-0.3, -0.25) is 4.79 Å². The van der Waals surface area contributed by atoms with Crippen LogP contribution in [0.3, 0.4) is 0 Å². The Morgan fingerprint density at radius 1 is 1.12 bits per heavy atom. The molecule has 0 aromatic heterocycles. The maximum absolute atomic E-state index is 11.6. The number of ketones is 1. The first-order chi connectivity index (χ1) is 8.33. The molecule has 0 bridgehead atoms. The molecular formula is C15H22OS. The number of aryl methyl sites for hydroxylation is 1. The summed E-state index contributed by atoms with van der Waals surface area (Å²) in [5, 5.41) is 0. The fourth-order valence-corrected chi connectivity index (χ4v) is 2.51. The molecule has 0 atom stereocenters. The lowest BCUT2D eigenvalue weighted by molar-refractivity contribution is -0.119. The Balaban J connectivity index is 2.05. The van der Waals surface area contributed by atoms with Crippen LogP contribution in [0.25, 0.3) is 0 Å². The van der Waals surface area contributed by atoms with Gasteiger partial charge in [-0.15, -0.1) is 0 Å². The lowest BCUT2D eigenvalue weighted by atomic mass is 10.1. The molecule has 0 saturated heterocycles. The molecule has 0 N–H and O–H groups in total. The van der Waals surface area contributed by atoms with Crippen LogP contribution in [0, 0.1) is 0 Å². The van der Waals surface area contributed by atoms with Gasteiger partial charge in [-0.1, -0.05) is 37.3 Å². The molecule has 1 rings (SSSR count). The van der Waals surface area contributed by atoms with Gasteiger partial charge in [0, 0.05) is 12.8 Å². The van der Waals surface area contributed by atoms with E-state index in [4.69, 9.17) is 0 Å². The molecule has 0 saturated carbocycles. The number of carbonyl (C=O) groups excluding carboxylic acids is 1. The van der Waals surface area contributed by atoms with Gasteiger partial charge < -0.3 is 0 Å². The van der Waals surface area contributed by atoms with Crippen molar-refractivity contribution in [2.45, 2.75) is 39.0 Å². The van der Waals surface area contributed by atoms with Crippen molar-refractivity contribution in [1.29, 1.82) is 0 Å². The summed E-state index contributed by atoms with van der Waals surface area (Å²) in [4.78, 5) is 11.6. The van der Waals surface area contributed by atoms with E-state index in [1.807, 2.05) is 30.0 Å². The number of hydrogen-bond donors (Lipinski definition) is 0. The zero-order chi connectivity index (χ0) is 12.3. The Labute approximate surface area is 109 Å². The van der Waals surface area contributed by atoms with Crippen LogP contribution in [-0.2, 0) is 11.2 Å². The highest BCUT2D eigenvalue weighted by Gasteiger charge is 2.02. The average molecular weight is 250 g/mol. The lowest BCUT2D eigenvalue weighted by Crippen LogP contribution is -2.00. The van der Waals surface area contributed by atoms with Crippen LogP contribution in [0.4, 0.5) is 0 Å². The molecule has 2 heteroatoms. The summed E-state index contributed by atoms with van der Waals surface area (Å²) in [6, 6.07) is 10.2. The van der Waals surface area contributed by atoms with E-state index in [1.165, 1.54) is 17.7 Å². The first kappa shape index (κ1) is 14.3. The molecule has 0 amide bonds. The van der Waals surface area contributed by atoms with Crippen LogP contribution in [0.1, 0.15) is 38.2 Å². The third-order valence-electron chi connectivity index (χ3n) is 2.63. The molecule has 0 aliphatic heterocycles. The Bertz CT molecular complexity index is 308. The fraction of sp³-hybridized carbons (Fsp3) is 0.533. The highest BCUT2D eigenvalue weighted by atomic mass is 32.2. The molecule has 0 radical (unpaired) electrons. The van der Waals surface area contributed by atoms with Crippen molar-refractivity contribution in [2.24, 2.45) is 0 Å². The topological polar surface area (TPSA) is 17.1 Å². The zero-order valence-electron chi connectivity index (χ0n) is 10.7. The van der Waals surface area contributed by atoms with E-state index in [2.05, 4.69) is 19.1 Å². The highest BCUT2D eigenvalue weighted by molar-refractivity contribution is 7.99. The maximum Gasteiger partial charge on any atom is 0.133 e. The summed E-state index contributed by atoms with van der Waals surface area (Å²) >= 11 is 1.96. The molecule has 0 spiro atoms. The van der Waals surface area contributed by atoms with Crippen LogP contribution < -0.4 is 0 Å². The number of benzene rings is 1. The average Bonchev–Trinajstić information content (AvgIpc) is 2.37. The second-order valence-electron chi connectivity index (χ2n) is 4.24. The van der Waals surface area contributed by atoms with Crippen molar-refractivity contribution in [3.8, 4) is 0 Å². The summed E-state index contributed by atoms with van der Waals surface area (Å²) in [7, 11) is 0. The summed E-state index contributed by atoms with van der Waals surface area (Å²) in [6.45, 7) is 2.19. The van der Waals surface area contributed by atoms with E-state index >= 15 is 0 Å². The predicted molar refractivity (Wildman–Crippen MR) is 76.6 cm³/mol. The highest BCUT2D eigenvalue weighted by Crippen LogP contribution is 2.09. The van der Waals surface area contributed by atoms with E-state index < -0.39 is 0 Å². The Hall–Kier alpha value is -0.760. The smallest absolute Gasteiger partial charge is 0.133 e. The Kier molecular flexibility index (Phi) is 7.81. The van der Waals surface area contributed by atoms with E-state index in [0.29, 0.717) is 12.2 Å². The summed E-state index contributed by atoms with van der Waals surface area (Å²) in [6.07, 6.45) is 4.61. The van der Waals surface area contributed by atoms with Gasteiger partial charge in [0.05, 0.1) is 0 Å². The van der Waals surface area contributed by atoms with Crippen LogP contribution >= 0.6 is 11.8 Å². The maximum atomic E-state index is 11.6. The lowest BCUT2D eigenvalue weighted by Gasteiger charge is -2.02. The number of Topliss-reactive ketones (excluding diaryl/α,β-unsaturated/α-hetero) is 1. The van der Waals surface area contributed by atoms with Gasteiger partial charge in [0.15, 0.2) is 0 Å². The first-order valence-corrected chi connectivity index (χ1v) is 7.61. The molecule has 1 nitrogen and oxygen atoms in total. The van der Waals surface area contributed by atoms with Crippen LogP contribution in [0.15, 0.2) is 30.3 Å². The van der Waals surface area contributed by atoms with Crippen molar-refractivity contribution in [3.05, 3.63) is 35.9 Å². The summed E-state index contributed by atoms with van der Waals surface area (Å²) in [5.74, 6) is 2.76. The predicted octanol–water partition coefficient (Wildman–Crippen LogP) is 4.11. The number of thioether (sulfide) groups is 1. The van der Waals surface area contributed by atoms with Crippen LogP contribution in [0.5, 0.6) is 0 Å².